The van der Waals surface area contributed by atoms with Gasteiger partial charge in [-0.25, -0.2) is 0 Å². The average Bonchev–Trinajstić information content (AvgIpc) is 2.67. The second-order valence-electron chi connectivity index (χ2n) is 5.26. The molecule has 3 aromatic carbocycles. The summed E-state index contributed by atoms with van der Waals surface area (Å²) in [6.45, 7) is 0. The van der Waals surface area contributed by atoms with Gasteiger partial charge >= 0.3 is 0 Å². The molecule has 0 saturated carbocycles. The molecule has 0 saturated heterocycles. The van der Waals surface area contributed by atoms with E-state index in [9.17, 15) is 9.59 Å². The molecular formula is C21H13NO2. The van der Waals surface area contributed by atoms with E-state index in [1.165, 1.54) is 6.07 Å². The largest absolute Gasteiger partial charge is 0.289 e. The quantitative estimate of drug-likeness (QED) is 0.684. The summed E-state index contributed by atoms with van der Waals surface area (Å²) in [5.74, 6) is -0.508. The van der Waals surface area contributed by atoms with Crippen LogP contribution in [0.1, 0.15) is 37.4 Å². The molecule has 3 heteroatoms. The molecule has 0 N–H and O–H groups in total. The molecule has 0 bridgehead atoms. The molecule has 0 heterocycles. The maximum absolute atomic E-state index is 12.8. The highest BCUT2D eigenvalue weighted by atomic mass is 16.1. The Kier molecular flexibility index (Phi) is 4.31. The fourth-order valence-electron chi connectivity index (χ4n) is 2.49. The molecular weight excluding hydrogens is 298 g/mol. The Morgan fingerprint density at radius 1 is 0.667 bits per heavy atom. The van der Waals surface area contributed by atoms with E-state index < -0.39 is 0 Å². The summed E-state index contributed by atoms with van der Waals surface area (Å²) in [5, 5.41) is 9.11. The van der Waals surface area contributed by atoms with Crippen LogP contribution in [-0.4, -0.2) is 11.6 Å². The van der Waals surface area contributed by atoms with Crippen molar-refractivity contribution in [3.05, 3.63) is 107 Å². The van der Waals surface area contributed by atoms with Crippen molar-refractivity contribution in [2.24, 2.45) is 0 Å². The van der Waals surface area contributed by atoms with Crippen molar-refractivity contribution < 1.29 is 9.59 Å². The van der Waals surface area contributed by atoms with Crippen LogP contribution in [0.15, 0.2) is 78.9 Å². The van der Waals surface area contributed by atoms with Crippen LogP contribution in [0.4, 0.5) is 0 Å². The molecule has 0 amide bonds. The van der Waals surface area contributed by atoms with Crippen LogP contribution in [0.3, 0.4) is 0 Å². The summed E-state index contributed by atoms with van der Waals surface area (Å²) < 4.78 is 0. The lowest BCUT2D eigenvalue weighted by atomic mass is 9.92. The van der Waals surface area contributed by atoms with E-state index in [0.717, 1.165) is 0 Å². The van der Waals surface area contributed by atoms with Gasteiger partial charge in [-0.1, -0.05) is 60.7 Å². The van der Waals surface area contributed by atoms with E-state index in [0.29, 0.717) is 22.3 Å². The van der Waals surface area contributed by atoms with Crippen molar-refractivity contribution in [1.29, 1.82) is 5.26 Å². The maximum Gasteiger partial charge on any atom is 0.193 e. The molecule has 3 aromatic rings. The Balaban J connectivity index is 2.12. The number of carbonyl (C=O) groups excluding carboxylic acids is 2. The van der Waals surface area contributed by atoms with Crippen LogP contribution in [-0.2, 0) is 0 Å². The van der Waals surface area contributed by atoms with Crippen molar-refractivity contribution in [2.75, 3.05) is 0 Å². The highest BCUT2D eigenvalue weighted by molar-refractivity contribution is 6.19. The predicted molar refractivity (Wildman–Crippen MR) is 90.9 cm³/mol. The minimum atomic E-state index is -0.271. The molecule has 0 atom stereocenters. The van der Waals surface area contributed by atoms with Gasteiger partial charge in [-0.15, -0.1) is 0 Å². The molecule has 114 valence electrons. The summed E-state index contributed by atoms with van der Waals surface area (Å²) >= 11 is 0. The number of ketones is 2. The highest BCUT2D eigenvalue weighted by Crippen LogP contribution is 2.20. The molecule has 3 nitrogen and oxygen atoms in total. The van der Waals surface area contributed by atoms with E-state index in [1.54, 1.807) is 60.7 Å². The van der Waals surface area contributed by atoms with E-state index in [2.05, 4.69) is 0 Å². The third-order valence-corrected chi connectivity index (χ3v) is 3.71. The normalized spacial score (nSPS) is 9.96. The first-order chi connectivity index (χ1) is 11.7. The average molecular weight is 311 g/mol. The lowest BCUT2D eigenvalue weighted by molar-refractivity contribution is 0.100. The predicted octanol–water partition coefficient (Wildman–Crippen LogP) is 4.02. The molecule has 0 unspecified atom stereocenters. The number of rotatable bonds is 4. The molecule has 0 fully saturated rings. The van der Waals surface area contributed by atoms with Gasteiger partial charge in [0.15, 0.2) is 11.6 Å². The Morgan fingerprint density at radius 2 is 1.17 bits per heavy atom. The fraction of sp³-hybridized carbons (Fsp3) is 0. The van der Waals surface area contributed by atoms with Gasteiger partial charge in [-0.05, 0) is 18.2 Å². The first kappa shape index (κ1) is 15.4. The van der Waals surface area contributed by atoms with Gasteiger partial charge in [0.05, 0.1) is 11.6 Å². The molecule has 24 heavy (non-hydrogen) atoms. The lowest BCUT2D eigenvalue weighted by Gasteiger charge is -2.09. The van der Waals surface area contributed by atoms with Crippen molar-refractivity contribution in [1.82, 2.24) is 0 Å². The van der Waals surface area contributed by atoms with Crippen LogP contribution in [0, 0.1) is 11.3 Å². The SMILES string of the molecule is N#Cc1ccc(C(=O)c2ccccc2)c(C(=O)c2ccccc2)c1. The minimum absolute atomic E-state index is 0.237. The van der Waals surface area contributed by atoms with Crippen molar-refractivity contribution in [2.45, 2.75) is 0 Å². The summed E-state index contributed by atoms with van der Waals surface area (Å²) in [4.78, 5) is 25.6. The van der Waals surface area contributed by atoms with Gasteiger partial charge in [-0.3, -0.25) is 9.59 Å². The van der Waals surface area contributed by atoms with Crippen molar-refractivity contribution in [3.8, 4) is 6.07 Å². The zero-order valence-electron chi connectivity index (χ0n) is 12.8. The van der Waals surface area contributed by atoms with Gasteiger partial charge in [0.25, 0.3) is 0 Å². The topological polar surface area (TPSA) is 57.9 Å². The Bertz CT molecular complexity index is 939. The van der Waals surface area contributed by atoms with Crippen LogP contribution in [0.2, 0.25) is 0 Å². The fourth-order valence-corrected chi connectivity index (χ4v) is 2.49. The smallest absolute Gasteiger partial charge is 0.193 e. The maximum atomic E-state index is 12.8. The molecule has 0 spiro atoms. The van der Waals surface area contributed by atoms with Crippen LogP contribution < -0.4 is 0 Å². The van der Waals surface area contributed by atoms with Crippen LogP contribution >= 0.6 is 0 Å². The molecule has 0 radical (unpaired) electrons. The molecule has 0 aromatic heterocycles. The van der Waals surface area contributed by atoms with E-state index in [1.807, 2.05) is 18.2 Å². The molecule has 0 aliphatic rings. The Morgan fingerprint density at radius 3 is 1.67 bits per heavy atom. The third-order valence-electron chi connectivity index (χ3n) is 3.71. The van der Waals surface area contributed by atoms with Gasteiger partial charge in [-0.2, -0.15) is 5.26 Å². The van der Waals surface area contributed by atoms with E-state index >= 15 is 0 Å². The summed E-state index contributed by atoms with van der Waals surface area (Å²) in [6.07, 6.45) is 0. The van der Waals surface area contributed by atoms with Gasteiger partial charge < -0.3 is 0 Å². The number of nitriles is 1. The number of hydrogen-bond acceptors (Lipinski definition) is 3. The Labute approximate surface area is 139 Å². The number of benzene rings is 3. The third kappa shape index (κ3) is 2.99. The number of carbonyl (C=O) groups is 2. The van der Waals surface area contributed by atoms with Gasteiger partial charge in [0.2, 0.25) is 0 Å². The lowest BCUT2D eigenvalue weighted by Crippen LogP contribution is -2.11. The van der Waals surface area contributed by atoms with Crippen molar-refractivity contribution >= 4 is 11.6 Å². The summed E-state index contributed by atoms with van der Waals surface area (Å²) in [6, 6.07) is 24.1. The summed E-state index contributed by atoms with van der Waals surface area (Å²) in [7, 11) is 0. The van der Waals surface area contributed by atoms with Gasteiger partial charge in [0.1, 0.15) is 0 Å². The summed E-state index contributed by atoms with van der Waals surface area (Å²) in [5.41, 5.74) is 1.88. The van der Waals surface area contributed by atoms with Gasteiger partial charge in [0, 0.05) is 22.3 Å². The molecule has 3 rings (SSSR count). The zero-order chi connectivity index (χ0) is 16.9. The van der Waals surface area contributed by atoms with Crippen LogP contribution in [0.5, 0.6) is 0 Å². The molecule has 0 aliphatic carbocycles. The van der Waals surface area contributed by atoms with E-state index in [4.69, 9.17) is 5.26 Å². The zero-order valence-corrected chi connectivity index (χ0v) is 12.8. The second-order valence-corrected chi connectivity index (χ2v) is 5.26. The first-order valence-electron chi connectivity index (χ1n) is 7.44. The Hall–Kier alpha value is -3.51. The standard InChI is InChI=1S/C21H13NO2/c22-14-15-11-12-18(20(23)16-7-3-1-4-8-16)19(13-15)21(24)17-9-5-2-6-10-17/h1-13H. The first-order valence-corrected chi connectivity index (χ1v) is 7.44. The number of nitrogens with zero attached hydrogens (tertiary/aromatic N) is 1. The van der Waals surface area contributed by atoms with E-state index in [-0.39, 0.29) is 17.1 Å². The minimum Gasteiger partial charge on any atom is -0.289 e. The molecule has 0 aliphatic heterocycles. The second kappa shape index (κ2) is 6.72. The highest BCUT2D eigenvalue weighted by Gasteiger charge is 2.20. The monoisotopic (exact) mass is 311 g/mol. The van der Waals surface area contributed by atoms with Crippen molar-refractivity contribution in [3.63, 3.8) is 0 Å². The number of hydrogen-bond donors (Lipinski definition) is 0. The van der Waals surface area contributed by atoms with Crippen LogP contribution in [0.25, 0.3) is 0 Å².